The van der Waals surface area contributed by atoms with Crippen LogP contribution in [0.5, 0.6) is 5.75 Å². The fourth-order valence-electron chi connectivity index (χ4n) is 1.98. The van der Waals surface area contributed by atoms with Gasteiger partial charge in [-0.15, -0.1) is 0 Å². The van der Waals surface area contributed by atoms with Crippen molar-refractivity contribution < 1.29 is 17.9 Å². The van der Waals surface area contributed by atoms with Crippen LogP contribution in [0, 0.1) is 6.92 Å². The number of nitrogens with two attached hydrogens (primary N) is 1. The highest BCUT2D eigenvalue weighted by atomic mass is 32.2. The summed E-state index contributed by atoms with van der Waals surface area (Å²) in [4.78, 5) is 11.8. The minimum Gasteiger partial charge on any atom is -0.493 e. The predicted octanol–water partition coefficient (Wildman–Crippen LogP) is 1.73. The minimum atomic E-state index is -3.70. The molecule has 0 saturated heterocycles. The first-order chi connectivity index (χ1) is 11.3. The third-order valence-electron chi connectivity index (χ3n) is 3.36. The molecule has 0 aliphatic heterocycles. The van der Waals surface area contributed by atoms with Gasteiger partial charge < -0.3 is 10.1 Å². The van der Waals surface area contributed by atoms with Gasteiger partial charge in [-0.25, -0.2) is 13.6 Å². The first-order valence-corrected chi connectivity index (χ1v) is 8.97. The molecule has 0 saturated carbocycles. The smallest absolute Gasteiger partial charge is 0.238 e. The molecule has 0 spiro atoms. The van der Waals surface area contributed by atoms with Gasteiger partial charge in [0.1, 0.15) is 5.75 Å². The van der Waals surface area contributed by atoms with E-state index in [2.05, 4.69) is 5.32 Å². The minimum absolute atomic E-state index is 0.0454. The zero-order chi connectivity index (χ0) is 17.6. The molecule has 0 aromatic heterocycles. The van der Waals surface area contributed by atoms with Crippen molar-refractivity contribution >= 4 is 15.9 Å². The maximum Gasteiger partial charge on any atom is 0.238 e. The third kappa shape index (κ3) is 5.68. The van der Waals surface area contributed by atoms with Crippen LogP contribution in [0.3, 0.4) is 0 Å². The third-order valence-corrected chi connectivity index (χ3v) is 4.29. The zero-order valence-electron chi connectivity index (χ0n) is 13.4. The fraction of sp³-hybridized carbons (Fsp3) is 0.235. The Labute approximate surface area is 141 Å². The molecule has 0 bridgehead atoms. The van der Waals surface area contributed by atoms with Gasteiger partial charge in [0.25, 0.3) is 0 Å². The van der Waals surface area contributed by atoms with Crippen molar-refractivity contribution in [2.75, 3.05) is 6.61 Å². The Morgan fingerprint density at radius 2 is 1.71 bits per heavy atom. The molecule has 2 rings (SSSR count). The predicted molar refractivity (Wildman–Crippen MR) is 91.0 cm³/mol. The fourth-order valence-corrected chi connectivity index (χ4v) is 2.50. The van der Waals surface area contributed by atoms with E-state index in [9.17, 15) is 13.2 Å². The number of hydrogen-bond donors (Lipinski definition) is 2. The average molecular weight is 348 g/mol. The summed E-state index contributed by atoms with van der Waals surface area (Å²) in [7, 11) is -3.70. The lowest BCUT2D eigenvalue weighted by Gasteiger charge is -2.08. The number of aryl methyl sites for hydroxylation is 1. The summed E-state index contributed by atoms with van der Waals surface area (Å²) in [5, 5.41) is 7.78. The Morgan fingerprint density at radius 3 is 2.29 bits per heavy atom. The standard InChI is InChI=1S/C17H20N2O4S/c1-13-2-6-15(7-3-13)23-11-10-17(20)19-12-14-4-8-16(9-5-14)24(18,21)22/h2-9H,10-12H2,1H3,(H,19,20)(H2,18,21,22). The summed E-state index contributed by atoms with van der Waals surface area (Å²) in [6.45, 7) is 2.60. The second kappa shape index (κ2) is 7.94. The van der Waals surface area contributed by atoms with Gasteiger partial charge in [-0.2, -0.15) is 0 Å². The van der Waals surface area contributed by atoms with Gasteiger partial charge in [-0.3, -0.25) is 4.79 Å². The van der Waals surface area contributed by atoms with E-state index in [4.69, 9.17) is 9.88 Å². The normalized spacial score (nSPS) is 11.1. The first-order valence-electron chi connectivity index (χ1n) is 7.42. The van der Waals surface area contributed by atoms with Gasteiger partial charge in [-0.05, 0) is 36.8 Å². The molecule has 24 heavy (non-hydrogen) atoms. The number of ether oxygens (including phenoxy) is 1. The van der Waals surface area contributed by atoms with Crippen LogP contribution < -0.4 is 15.2 Å². The molecule has 0 fully saturated rings. The Kier molecular flexibility index (Phi) is 5.94. The number of carbonyl (C=O) groups excluding carboxylic acids is 1. The van der Waals surface area contributed by atoms with Gasteiger partial charge in [0.2, 0.25) is 15.9 Å². The number of carbonyl (C=O) groups is 1. The Bertz CT molecular complexity index is 784. The van der Waals surface area contributed by atoms with Crippen molar-refractivity contribution in [3.8, 4) is 5.75 Å². The van der Waals surface area contributed by atoms with Gasteiger partial charge >= 0.3 is 0 Å². The largest absolute Gasteiger partial charge is 0.493 e. The van der Waals surface area contributed by atoms with Crippen LogP contribution in [-0.4, -0.2) is 20.9 Å². The molecule has 3 N–H and O–H groups in total. The van der Waals surface area contributed by atoms with E-state index in [-0.39, 0.29) is 17.2 Å². The van der Waals surface area contributed by atoms with E-state index >= 15 is 0 Å². The van der Waals surface area contributed by atoms with Crippen molar-refractivity contribution in [1.82, 2.24) is 5.32 Å². The van der Waals surface area contributed by atoms with E-state index in [0.717, 1.165) is 16.9 Å². The topological polar surface area (TPSA) is 98.5 Å². The molecule has 0 radical (unpaired) electrons. The molecule has 0 atom stereocenters. The molecule has 1 amide bonds. The molecule has 0 aliphatic rings. The van der Waals surface area contributed by atoms with E-state index in [1.807, 2.05) is 31.2 Å². The SMILES string of the molecule is Cc1ccc(OCCC(=O)NCc2ccc(S(N)(=O)=O)cc2)cc1. The van der Waals surface area contributed by atoms with Crippen LogP contribution in [0.25, 0.3) is 0 Å². The zero-order valence-corrected chi connectivity index (χ0v) is 14.2. The summed E-state index contributed by atoms with van der Waals surface area (Å²) in [6.07, 6.45) is 0.239. The van der Waals surface area contributed by atoms with E-state index in [0.29, 0.717) is 13.2 Å². The Hall–Kier alpha value is -2.38. The van der Waals surface area contributed by atoms with Gasteiger partial charge in [0.05, 0.1) is 17.9 Å². The summed E-state index contributed by atoms with van der Waals surface area (Å²) >= 11 is 0. The van der Waals surface area contributed by atoms with Crippen LogP contribution in [0.1, 0.15) is 17.5 Å². The molecule has 2 aromatic carbocycles. The number of primary sulfonamides is 1. The molecular formula is C17H20N2O4S. The summed E-state index contributed by atoms with van der Waals surface area (Å²) in [6, 6.07) is 13.7. The first kappa shape index (κ1) is 18.0. The highest BCUT2D eigenvalue weighted by Crippen LogP contribution is 2.11. The van der Waals surface area contributed by atoms with E-state index in [1.54, 1.807) is 12.1 Å². The molecule has 0 unspecified atom stereocenters. The van der Waals surface area contributed by atoms with Gasteiger partial charge in [0, 0.05) is 6.54 Å². The monoisotopic (exact) mass is 348 g/mol. The van der Waals surface area contributed by atoms with Crippen LogP contribution in [-0.2, 0) is 21.4 Å². The van der Waals surface area contributed by atoms with Gasteiger partial charge in [-0.1, -0.05) is 29.8 Å². The van der Waals surface area contributed by atoms with E-state index in [1.165, 1.54) is 12.1 Å². The molecule has 0 aliphatic carbocycles. The Morgan fingerprint density at radius 1 is 1.08 bits per heavy atom. The molecule has 128 valence electrons. The van der Waals surface area contributed by atoms with Crippen molar-refractivity contribution in [3.63, 3.8) is 0 Å². The summed E-state index contributed by atoms with van der Waals surface area (Å²) < 4.78 is 27.8. The molecule has 2 aromatic rings. The van der Waals surface area contributed by atoms with Gasteiger partial charge in [0.15, 0.2) is 0 Å². The number of hydrogen-bond acceptors (Lipinski definition) is 4. The second-order valence-corrected chi connectivity index (χ2v) is 6.94. The maximum atomic E-state index is 11.8. The lowest BCUT2D eigenvalue weighted by molar-refractivity contribution is -0.121. The molecular weight excluding hydrogens is 328 g/mol. The highest BCUT2D eigenvalue weighted by Gasteiger charge is 2.07. The van der Waals surface area contributed by atoms with Crippen molar-refractivity contribution in [3.05, 3.63) is 59.7 Å². The average Bonchev–Trinajstić information content (AvgIpc) is 2.54. The van der Waals surface area contributed by atoms with Crippen LogP contribution >= 0.6 is 0 Å². The van der Waals surface area contributed by atoms with Crippen molar-refractivity contribution in [2.45, 2.75) is 24.8 Å². The highest BCUT2D eigenvalue weighted by molar-refractivity contribution is 7.89. The maximum absolute atomic E-state index is 11.8. The Balaban J connectivity index is 1.74. The summed E-state index contributed by atoms with van der Waals surface area (Å²) in [5.41, 5.74) is 1.93. The van der Waals surface area contributed by atoms with Crippen LogP contribution in [0.4, 0.5) is 0 Å². The summed E-state index contributed by atoms with van der Waals surface area (Å²) in [5.74, 6) is 0.588. The van der Waals surface area contributed by atoms with Crippen molar-refractivity contribution in [2.24, 2.45) is 5.14 Å². The molecule has 6 nitrogen and oxygen atoms in total. The second-order valence-electron chi connectivity index (χ2n) is 5.38. The quantitative estimate of drug-likeness (QED) is 0.796. The lowest BCUT2D eigenvalue weighted by atomic mass is 10.2. The lowest BCUT2D eigenvalue weighted by Crippen LogP contribution is -2.24. The molecule has 7 heteroatoms. The number of rotatable bonds is 7. The van der Waals surface area contributed by atoms with Crippen LogP contribution in [0.15, 0.2) is 53.4 Å². The number of benzene rings is 2. The number of sulfonamides is 1. The van der Waals surface area contributed by atoms with E-state index < -0.39 is 10.0 Å². The number of amides is 1. The van der Waals surface area contributed by atoms with Crippen molar-refractivity contribution in [1.29, 1.82) is 0 Å². The number of nitrogens with one attached hydrogen (secondary N) is 1. The van der Waals surface area contributed by atoms with Crippen LogP contribution in [0.2, 0.25) is 0 Å². The molecule has 0 heterocycles.